The van der Waals surface area contributed by atoms with Crippen LogP contribution in [0.4, 0.5) is 11.4 Å². The predicted molar refractivity (Wildman–Crippen MR) is 102 cm³/mol. The molecule has 26 heavy (non-hydrogen) atoms. The molecule has 0 radical (unpaired) electrons. The number of halogens is 1. The SMILES string of the molecule is COc1ccc(N/C=C(/C#N)C(=O)Nc2cc(Cl)ccc2C)c(OC)c1. The summed E-state index contributed by atoms with van der Waals surface area (Å²) in [5.41, 5.74) is 1.88. The minimum Gasteiger partial charge on any atom is -0.497 e. The lowest BCUT2D eigenvalue weighted by molar-refractivity contribution is -0.112. The normalized spacial score (nSPS) is 10.7. The first kappa shape index (κ1) is 19.2. The second-order valence-corrected chi connectivity index (χ2v) is 5.73. The zero-order chi connectivity index (χ0) is 19.1. The van der Waals surface area contributed by atoms with Gasteiger partial charge in [0.2, 0.25) is 0 Å². The molecule has 6 nitrogen and oxygen atoms in total. The van der Waals surface area contributed by atoms with Crippen LogP contribution in [-0.4, -0.2) is 20.1 Å². The van der Waals surface area contributed by atoms with Crippen LogP contribution in [0, 0.1) is 18.3 Å². The quantitative estimate of drug-likeness (QED) is 0.589. The van der Waals surface area contributed by atoms with E-state index < -0.39 is 5.91 Å². The van der Waals surface area contributed by atoms with Crippen molar-refractivity contribution < 1.29 is 14.3 Å². The molecule has 1 amide bonds. The van der Waals surface area contributed by atoms with E-state index in [-0.39, 0.29) is 5.57 Å². The van der Waals surface area contributed by atoms with E-state index >= 15 is 0 Å². The molecule has 0 aliphatic carbocycles. The van der Waals surface area contributed by atoms with Gasteiger partial charge in [-0.3, -0.25) is 4.79 Å². The summed E-state index contributed by atoms with van der Waals surface area (Å²) in [6, 6.07) is 12.2. The average Bonchev–Trinajstić information content (AvgIpc) is 2.65. The number of aryl methyl sites for hydroxylation is 1. The van der Waals surface area contributed by atoms with Gasteiger partial charge in [0.25, 0.3) is 5.91 Å². The maximum Gasteiger partial charge on any atom is 0.267 e. The van der Waals surface area contributed by atoms with Crippen molar-refractivity contribution in [2.45, 2.75) is 6.92 Å². The van der Waals surface area contributed by atoms with Crippen molar-refractivity contribution in [3.63, 3.8) is 0 Å². The number of rotatable bonds is 6. The molecular formula is C19H18ClN3O3. The molecule has 0 fully saturated rings. The minimum absolute atomic E-state index is 0.0951. The highest BCUT2D eigenvalue weighted by atomic mass is 35.5. The Morgan fingerprint density at radius 1 is 1.15 bits per heavy atom. The second-order valence-electron chi connectivity index (χ2n) is 5.29. The van der Waals surface area contributed by atoms with Crippen LogP contribution in [0.15, 0.2) is 48.2 Å². The second kappa shape index (κ2) is 8.79. The molecule has 0 aliphatic heterocycles. The molecule has 0 spiro atoms. The van der Waals surface area contributed by atoms with Gasteiger partial charge in [-0.25, -0.2) is 0 Å². The van der Waals surface area contributed by atoms with E-state index in [1.54, 1.807) is 43.5 Å². The van der Waals surface area contributed by atoms with Gasteiger partial charge in [0.1, 0.15) is 23.1 Å². The van der Waals surface area contributed by atoms with E-state index in [1.165, 1.54) is 13.3 Å². The van der Waals surface area contributed by atoms with Gasteiger partial charge in [-0.05, 0) is 36.8 Å². The van der Waals surface area contributed by atoms with Gasteiger partial charge in [0.05, 0.1) is 19.9 Å². The smallest absolute Gasteiger partial charge is 0.267 e. The topological polar surface area (TPSA) is 83.4 Å². The monoisotopic (exact) mass is 371 g/mol. The number of methoxy groups -OCH3 is 2. The number of ether oxygens (including phenoxy) is 2. The van der Waals surface area contributed by atoms with E-state index in [4.69, 9.17) is 21.1 Å². The lowest BCUT2D eigenvalue weighted by atomic mass is 10.2. The van der Waals surface area contributed by atoms with Gasteiger partial charge in [-0.1, -0.05) is 17.7 Å². The number of benzene rings is 2. The molecule has 2 rings (SSSR count). The number of amides is 1. The average molecular weight is 372 g/mol. The summed E-state index contributed by atoms with van der Waals surface area (Å²) in [6.45, 7) is 1.84. The maximum atomic E-state index is 12.3. The molecule has 0 aliphatic rings. The van der Waals surface area contributed by atoms with Gasteiger partial charge in [-0.2, -0.15) is 5.26 Å². The Morgan fingerprint density at radius 2 is 1.92 bits per heavy atom. The summed E-state index contributed by atoms with van der Waals surface area (Å²) >= 11 is 5.95. The van der Waals surface area contributed by atoms with Crippen molar-refractivity contribution in [2.75, 3.05) is 24.9 Å². The summed E-state index contributed by atoms with van der Waals surface area (Å²) in [7, 11) is 3.07. The summed E-state index contributed by atoms with van der Waals surface area (Å²) in [5.74, 6) is 0.605. The van der Waals surface area contributed by atoms with Crippen molar-refractivity contribution in [1.29, 1.82) is 5.26 Å². The molecule has 0 aromatic heterocycles. The molecule has 2 aromatic carbocycles. The molecule has 7 heteroatoms. The van der Waals surface area contributed by atoms with Crippen LogP contribution in [0.3, 0.4) is 0 Å². The van der Waals surface area contributed by atoms with Crippen LogP contribution >= 0.6 is 11.6 Å². The van der Waals surface area contributed by atoms with Gasteiger partial charge < -0.3 is 20.1 Å². The zero-order valence-corrected chi connectivity index (χ0v) is 15.3. The predicted octanol–water partition coefficient (Wildman–Crippen LogP) is 4.12. The van der Waals surface area contributed by atoms with Crippen molar-refractivity contribution in [3.05, 3.63) is 58.8 Å². The Morgan fingerprint density at radius 3 is 2.58 bits per heavy atom. The van der Waals surface area contributed by atoms with Crippen LogP contribution in [-0.2, 0) is 4.79 Å². The lowest BCUT2D eigenvalue weighted by Crippen LogP contribution is -2.15. The summed E-state index contributed by atoms with van der Waals surface area (Å²) in [5, 5.41) is 15.4. The van der Waals surface area contributed by atoms with Crippen molar-refractivity contribution in [3.8, 4) is 17.6 Å². The molecule has 134 valence electrons. The molecule has 0 atom stereocenters. The zero-order valence-electron chi connectivity index (χ0n) is 14.6. The van der Waals surface area contributed by atoms with E-state index in [0.29, 0.717) is 27.9 Å². The number of nitrogens with one attached hydrogen (secondary N) is 2. The maximum absolute atomic E-state index is 12.3. The third-order valence-electron chi connectivity index (χ3n) is 3.59. The van der Waals surface area contributed by atoms with E-state index in [0.717, 1.165) is 5.56 Å². The molecule has 0 unspecified atom stereocenters. The Labute approximate surface area is 157 Å². The summed E-state index contributed by atoms with van der Waals surface area (Å²) in [4.78, 5) is 12.3. The van der Waals surface area contributed by atoms with E-state index in [2.05, 4.69) is 10.6 Å². The number of carbonyl (C=O) groups excluding carboxylic acids is 1. The number of hydrogen-bond acceptors (Lipinski definition) is 5. The standard InChI is InChI=1S/C19H18ClN3O3/c1-12-4-5-14(20)8-17(12)23-19(24)13(10-21)11-22-16-7-6-15(25-2)9-18(16)26-3/h4-9,11,22H,1-3H3,(H,23,24)/b13-11-. The van der Waals surface area contributed by atoms with Crippen LogP contribution in [0.1, 0.15) is 5.56 Å². The number of nitriles is 1. The summed E-state index contributed by atoms with van der Waals surface area (Å²) < 4.78 is 10.4. The largest absolute Gasteiger partial charge is 0.497 e. The van der Waals surface area contributed by atoms with Crippen LogP contribution < -0.4 is 20.1 Å². The fourth-order valence-electron chi connectivity index (χ4n) is 2.13. The van der Waals surface area contributed by atoms with E-state index in [1.807, 2.05) is 13.0 Å². The minimum atomic E-state index is -0.544. The van der Waals surface area contributed by atoms with Crippen molar-refractivity contribution >= 4 is 28.9 Å². The molecule has 2 N–H and O–H groups in total. The molecular weight excluding hydrogens is 354 g/mol. The number of carbonyl (C=O) groups is 1. The molecule has 0 bridgehead atoms. The fourth-order valence-corrected chi connectivity index (χ4v) is 2.31. The van der Waals surface area contributed by atoms with Crippen molar-refractivity contribution in [1.82, 2.24) is 0 Å². The number of nitrogens with zero attached hydrogens (tertiary/aromatic N) is 1. The number of anilines is 2. The van der Waals surface area contributed by atoms with Crippen LogP contribution in [0.2, 0.25) is 5.02 Å². The Balaban J connectivity index is 2.19. The van der Waals surface area contributed by atoms with Gasteiger partial charge in [0, 0.05) is 23.0 Å². The van der Waals surface area contributed by atoms with Gasteiger partial charge in [-0.15, -0.1) is 0 Å². The Kier molecular flexibility index (Phi) is 6.48. The van der Waals surface area contributed by atoms with Gasteiger partial charge >= 0.3 is 0 Å². The lowest BCUT2D eigenvalue weighted by Gasteiger charge is -2.11. The summed E-state index contributed by atoms with van der Waals surface area (Å²) in [6.07, 6.45) is 1.32. The third-order valence-corrected chi connectivity index (χ3v) is 3.83. The first-order valence-corrected chi connectivity index (χ1v) is 8.02. The fraction of sp³-hybridized carbons (Fsp3) is 0.158. The molecule has 0 saturated heterocycles. The molecule has 0 heterocycles. The first-order chi connectivity index (χ1) is 12.5. The Hall–Kier alpha value is -3.17. The van der Waals surface area contributed by atoms with Crippen molar-refractivity contribution in [2.24, 2.45) is 0 Å². The number of hydrogen-bond donors (Lipinski definition) is 2. The van der Waals surface area contributed by atoms with Gasteiger partial charge in [0.15, 0.2) is 0 Å². The Bertz CT molecular complexity index is 888. The molecule has 0 saturated carbocycles. The van der Waals surface area contributed by atoms with Crippen LogP contribution in [0.25, 0.3) is 0 Å². The highest BCUT2D eigenvalue weighted by Gasteiger charge is 2.12. The third kappa shape index (κ3) is 4.68. The highest BCUT2D eigenvalue weighted by molar-refractivity contribution is 6.31. The first-order valence-electron chi connectivity index (χ1n) is 7.64. The highest BCUT2D eigenvalue weighted by Crippen LogP contribution is 2.29. The molecule has 2 aromatic rings. The van der Waals surface area contributed by atoms with Crippen LogP contribution in [0.5, 0.6) is 11.5 Å². The van der Waals surface area contributed by atoms with E-state index in [9.17, 15) is 10.1 Å².